The second-order valence-electron chi connectivity index (χ2n) is 5.67. The van der Waals surface area contributed by atoms with Crippen LogP contribution in [0.4, 0.5) is 5.69 Å². The van der Waals surface area contributed by atoms with Crippen LogP contribution in [0.25, 0.3) is 23.2 Å². The van der Waals surface area contributed by atoms with E-state index in [1.165, 1.54) is 28.0 Å². The maximum Gasteiger partial charge on any atom is 0.291 e. The van der Waals surface area contributed by atoms with Crippen LogP contribution in [-0.2, 0) is 0 Å². The number of nitrogens with zero attached hydrogens (tertiary/aromatic N) is 4. The molecule has 0 N–H and O–H groups in total. The summed E-state index contributed by atoms with van der Waals surface area (Å²) in [5.41, 5.74) is 1.46. The number of nitro groups is 1. The highest BCUT2D eigenvalue weighted by Gasteiger charge is 2.09. The molecule has 2 aromatic heterocycles. The Bertz CT molecular complexity index is 1260. The van der Waals surface area contributed by atoms with E-state index in [2.05, 4.69) is 10.1 Å². The Hall–Kier alpha value is -3.65. The lowest BCUT2D eigenvalue weighted by Crippen LogP contribution is -2.23. The predicted octanol–water partition coefficient (Wildman–Crippen LogP) is 2.78. The molecule has 0 fully saturated rings. The van der Waals surface area contributed by atoms with Crippen LogP contribution in [0.15, 0.2) is 59.4 Å². The molecular formula is C19H12N4O3S. The molecule has 4 aromatic rings. The summed E-state index contributed by atoms with van der Waals surface area (Å²) >= 11 is 1.23. The average molecular weight is 376 g/mol. The molecule has 27 heavy (non-hydrogen) atoms. The van der Waals surface area contributed by atoms with Crippen LogP contribution in [-0.4, -0.2) is 19.5 Å². The molecule has 0 amide bonds. The number of fused-ring (bicyclic) bond motifs is 1. The molecule has 0 atom stereocenters. The Morgan fingerprint density at radius 1 is 1.00 bits per heavy atom. The molecule has 2 aromatic carbocycles. The quantitative estimate of drug-likeness (QED) is 0.403. The van der Waals surface area contributed by atoms with Crippen molar-refractivity contribution in [2.24, 2.45) is 0 Å². The molecule has 0 aliphatic rings. The summed E-state index contributed by atoms with van der Waals surface area (Å²) in [6, 6.07) is 15.7. The van der Waals surface area contributed by atoms with Gasteiger partial charge in [0.2, 0.25) is 4.96 Å². The van der Waals surface area contributed by atoms with Gasteiger partial charge in [0.15, 0.2) is 5.82 Å². The van der Waals surface area contributed by atoms with Crippen molar-refractivity contribution in [3.8, 4) is 0 Å². The molecule has 0 bridgehead atoms. The molecule has 0 radical (unpaired) electrons. The minimum absolute atomic E-state index is 0.00647. The number of thiazole rings is 1. The largest absolute Gasteiger partial charge is 0.291 e. The lowest BCUT2D eigenvalue weighted by molar-refractivity contribution is -0.384. The van der Waals surface area contributed by atoms with E-state index in [4.69, 9.17) is 0 Å². The van der Waals surface area contributed by atoms with Gasteiger partial charge in [-0.25, -0.2) is 0 Å². The molecule has 2 heterocycles. The van der Waals surface area contributed by atoms with Gasteiger partial charge >= 0.3 is 0 Å². The number of non-ortho nitro benzene ring substituents is 1. The van der Waals surface area contributed by atoms with E-state index < -0.39 is 4.92 Å². The summed E-state index contributed by atoms with van der Waals surface area (Å²) in [4.78, 5) is 27.6. The summed E-state index contributed by atoms with van der Waals surface area (Å²) in [6.07, 6.45) is 5.31. The Labute approximate surface area is 156 Å². The Morgan fingerprint density at radius 2 is 1.74 bits per heavy atom. The van der Waals surface area contributed by atoms with Crippen LogP contribution in [0.5, 0.6) is 0 Å². The Morgan fingerprint density at radius 3 is 2.41 bits per heavy atom. The molecule has 0 aliphatic carbocycles. The first-order chi connectivity index (χ1) is 13.1. The van der Waals surface area contributed by atoms with Crippen molar-refractivity contribution in [2.45, 2.75) is 0 Å². The third-order valence-electron chi connectivity index (χ3n) is 3.82. The number of hydrogen-bond acceptors (Lipinski definition) is 6. The molecule has 4 rings (SSSR count). The second-order valence-corrected chi connectivity index (χ2v) is 6.68. The zero-order valence-corrected chi connectivity index (χ0v) is 14.7. The van der Waals surface area contributed by atoms with Crippen LogP contribution in [0.1, 0.15) is 17.0 Å². The van der Waals surface area contributed by atoms with E-state index in [1.807, 2.05) is 36.4 Å². The molecule has 0 aliphatic heterocycles. The molecule has 0 unspecified atom stereocenters. The first-order valence-corrected chi connectivity index (χ1v) is 8.81. The summed E-state index contributed by atoms with van der Waals surface area (Å²) in [6.45, 7) is 0. The fourth-order valence-electron chi connectivity index (χ4n) is 2.50. The zero-order valence-electron chi connectivity index (χ0n) is 13.9. The predicted molar refractivity (Wildman–Crippen MR) is 104 cm³/mol. The van der Waals surface area contributed by atoms with Crippen LogP contribution < -0.4 is 10.1 Å². The van der Waals surface area contributed by atoms with Crippen molar-refractivity contribution >= 4 is 40.2 Å². The number of aromatic nitrogens is 3. The van der Waals surface area contributed by atoms with Gasteiger partial charge in [-0.3, -0.25) is 14.9 Å². The van der Waals surface area contributed by atoms with Gasteiger partial charge in [-0.2, -0.15) is 9.50 Å². The second kappa shape index (κ2) is 6.93. The fourth-order valence-corrected chi connectivity index (χ4v) is 3.41. The minimum atomic E-state index is -0.462. The Balaban J connectivity index is 1.65. The number of nitro benzene ring substituents is 1. The summed E-state index contributed by atoms with van der Waals surface area (Å²) < 4.78 is 1.74. The molecule has 132 valence electrons. The SMILES string of the molecule is O=c1/c(=C\c2ccc([N+](=O)[O-])cc2)sc2nc(/C=C/c3ccccc3)nn12. The number of benzene rings is 2. The van der Waals surface area contributed by atoms with Crippen molar-refractivity contribution < 1.29 is 4.92 Å². The highest BCUT2D eigenvalue weighted by atomic mass is 32.1. The standard InChI is InChI=1S/C19H12N4O3S/c24-18-16(12-14-6-9-15(10-7-14)23(25)26)27-19-20-17(21-22(18)19)11-8-13-4-2-1-3-5-13/h1-12H/b11-8+,16-12+. The van der Waals surface area contributed by atoms with E-state index in [1.54, 1.807) is 24.3 Å². The third-order valence-corrected chi connectivity index (χ3v) is 4.78. The van der Waals surface area contributed by atoms with E-state index in [-0.39, 0.29) is 11.2 Å². The average Bonchev–Trinajstić information content (AvgIpc) is 3.20. The van der Waals surface area contributed by atoms with Crippen LogP contribution in [0.2, 0.25) is 0 Å². The fraction of sp³-hybridized carbons (Fsp3) is 0. The number of rotatable bonds is 4. The molecule has 0 saturated carbocycles. The maximum atomic E-state index is 12.5. The van der Waals surface area contributed by atoms with Crippen molar-refractivity contribution in [3.63, 3.8) is 0 Å². The first kappa shape index (κ1) is 16.8. The summed E-state index contributed by atoms with van der Waals surface area (Å²) in [7, 11) is 0. The van der Waals surface area contributed by atoms with E-state index in [0.29, 0.717) is 20.9 Å². The lowest BCUT2D eigenvalue weighted by Gasteiger charge is -1.92. The molecule has 0 saturated heterocycles. The topological polar surface area (TPSA) is 90.4 Å². The van der Waals surface area contributed by atoms with Crippen molar-refractivity contribution in [1.82, 2.24) is 14.6 Å². The highest BCUT2D eigenvalue weighted by molar-refractivity contribution is 7.15. The number of hydrogen-bond donors (Lipinski definition) is 0. The monoisotopic (exact) mass is 376 g/mol. The normalized spacial score (nSPS) is 12.2. The van der Waals surface area contributed by atoms with Gasteiger partial charge in [-0.05, 0) is 35.4 Å². The van der Waals surface area contributed by atoms with Gasteiger partial charge in [-0.15, -0.1) is 5.10 Å². The van der Waals surface area contributed by atoms with Crippen molar-refractivity contribution in [3.05, 3.63) is 96.5 Å². The van der Waals surface area contributed by atoms with Crippen molar-refractivity contribution in [1.29, 1.82) is 0 Å². The van der Waals surface area contributed by atoms with E-state index >= 15 is 0 Å². The van der Waals surface area contributed by atoms with Gasteiger partial charge in [0.25, 0.3) is 11.2 Å². The van der Waals surface area contributed by atoms with Gasteiger partial charge in [0.1, 0.15) is 0 Å². The maximum absolute atomic E-state index is 12.5. The highest BCUT2D eigenvalue weighted by Crippen LogP contribution is 2.12. The van der Waals surface area contributed by atoms with Crippen molar-refractivity contribution in [2.75, 3.05) is 0 Å². The van der Waals surface area contributed by atoms with Crippen LogP contribution in [0.3, 0.4) is 0 Å². The zero-order chi connectivity index (χ0) is 18.8. The van der Waals surface area contributed by atoms with Gasteiger partial charge in [0.05, 0.1) is 9.46 Å². The Kier molecular flexibility index (Phi) is 4.31. The van der Waals surface area contributed by atoms with Crippen LogP contribution in [0, 0.1) is 10.1 Å². The van der Waals surface area contributed by atoms with E-state index in [9.17, 15) is 14.9 Å². The molecule has 8 heteroatoms. The van der Waals surface area contributed by atoms with E-state index in [0.717, 1.165) is 5.56 Å². The lowest BCUT2D eigenvalue weighted by atomic mass is 10.2. The summed E-state index contributed by atoms with van der Waals surface area (Å²) in [5.74, 6) is 0.462. The van der Waals surface area contributed by atoms with Gasteiger partial charge in [-0.1, -0.05) is 47.7 Å². The molecule has 7 nitrogen and oxygen atoms in total. The molecule has 0 spiro atoms. The van der Waals surface area contributed by atoms with Crippen LogP contribution >= 0.6 is 11.3 Å². The third kappa shape index (κ3) is 3.51. The minimum Gasteiger partial charge on any atom is -0.266 e. The smallest absolute Gasteiger partial charge is 0.266 e. The molecular weight excluding hydrogens is 364 g/mol. The van der Waals surface area contributed by atoms with Gasteiger partial charge in [0, 0.05) is 12.1 Å². The first-order valence-electron chi connectivity index (χ1n) is 7.99. The van der Waals surface area contributed by atoms with Gasteiger partial charge < -0.3 is 0 Å². The summed E-state index contributed by atoms with van der Waals surface area (Å²) in [5, 5.41) is 14.9.